The average Bonchev–Trinajstić information content (AvgIpc) is 2.68. The molecule has 1 aliphatic rings. The molecule has 1 amide bonds. The highest BCUT2D eigenvalue weighted by Crippen LogP contribution is 2.19. The van der Waals surface area contributed by atoms with Gasteiger partial charge < -0.3 is 14.5 Å². The topological polar surface area (TPSA) is 49.9 Å². The number of ether oxygens (including phenoxy) is 1. The molecule has 0 aliphatic carbocycles. The molecule has 0 radical (unpaired) electrons. The van der Waals surface area contributed by atoms with Crippen LogP contribution in [0.1, 0.15) is 27.6 Å². The number of carbonyl (C=O) groups excluding carboxylic acids is 2. The van der Waals surface area contributed by atoms with Gasteiger partial charge in [-0.2, -0.15) is 0 Å². The van der Waals surface area contributed by atoms with Crippen molar-refractivity contribution >= 4 is 17.6 Å². The van der Waals surface area contributed by atoms with Crippen molar-refractivity contribution in [3.8, 4) is 0 Å². The minimum Gasteiger partial charge on any atom is -0.462 e. The number of nitrogens with zero attached hydrogens (tertiary/aromatic N) is 2. The Morgan fingerprint density at radius 3 is 2.31 bits per heavy atom. The van der Waals surface area contributed by atoms with Gasteiger partial charge in [0.05, 0.1) is 12.2 Å². The molecule has 3 rings (SSSR count). The molecular weight excluding hydrogens is 335 g/mol. The molecule has 2 aromatic carbocycles. The van der Waals surface area contributed by atoms with Gasteiger partial charge in [0.2, 0.25) is 0 Å². The Bertz CT molecular complexity index is 784. The van der Waals surface area contributed by atoms with Crippen LogP contribution in [0.15, 0.2) is 48.5 Å². The van der Waals surface area contributed by atoms with E-state index in [1.807, 2.05) is 12.1 Å². The lowest BCUT2D eigenvalue weighted by molar-refractivity contribution is 0.0526. The van der Waals surface area contributed by atoms with Crippen LogP contribution in [-0.2, 0) is 4.74 Å². The summed E-state index contributed by atoms with van der Waals surface area (Å²) < 4.78 is 18.3. The minimum atomic E-state index is -0.406. The predicted molar refractivity (Wildman–Crippen MR) is 96.9 cm³/mol. The summed E-state index contributed by atoms with van der Waals surface area (Å²) >= 11 is 0. The third-order valence-electron chi connectivity index (χ3n) is 4.38. The number of carbonyl (C=O) groups is 2. The number of anilines is 1. The Morgan fingerprint density at radius 2 is 1.69 bits per heavy atom. The monoisotopic (exact) mass is 356 g/mol. The molecule has 0 bridgehead atoms. The summed E-state index contributed by atoms with van der Waals surface area (Å²) in [5, 5.41) is 0. The summed E-state index contributed by atoms with van der Waals surface area (Å²) in [5.41, 5.74) is 1.89. The quantitative estimate of drug-likeness (QED) is 0.791. The van der Waals surface area contributed by atoms with Crippen molar-refractivity contribution in [2.75, 3.05) is 37.7 Å². The minimum absolute atomic E-state index is 0.151. The van der Waals surface area contributed by atoms with Gasteiger partial charge in [-0.25, -0.2) is 9.18 Å². The van der Waals surface area contributed by atoms with Gasteiger partial charge in [-0.15, -0.1) is 0 Å². The lowest BCUT2D eigenvalue weighted by Gasteiger charge is -2.36. The predicted octanol–water partition coefficient (Wildman–Crippen LogP) is 2.96. The summed E-state index contributed by atoms with van der Waals surface area (Å²) in [6, 6.07) is 13.0. The van der Waals surface area contributed by atoms with E-state index >= 15 is 0 Å². The first-order valence-corrected chi connectivity index (χ1v) is 8.65. The van der Waals surface area contributed by atoms with Crippen molar-refractivity contribution in [2.45, 2.75) is 6.92 Å². The molecule has 0 saturated carbocycles. The van der Waals surface area contributed by atoms with Gasteiger partial charge in [0.1, 0.15) is 5.82 Å². The fraction of sp³-hybridized carbons (Fsp3) is 0.300. The van der Waals surface area contributed by atoms with E-state index < -0.39 is 5.82 Å². The molecule has 0 N–H and O–H groups in total. The van der Waals surface area contributed by atoms with E-state index in [9.17, 15) is 14.0 Å². The van der Waals surface area contributed by atoms with Crippen molar-refractivity contribution in [3.05, 3.63) is 65.5 Å². The number of halogens is 1. The molecule has 1 heterocycles. The van der Waals surface area contributed by atoms with E-state index in [0.29, 0.717) is 43.9 Å². The number of benzene rings is 2. The first-order chi connectivity index (χ1) is 12.6. The second-order valence-electron chi connectivity index (χ2n) is 6.06. The zero-order chi connectivity index (χ0) is 18.5. The van der Waals surface area contributed by atoms with Crippen molar-refractivity contribution in [1.82, 2.24) is 4.90 Å². The number of piperazine rings is 1. The van der Waals surface area contributed by atoms with Gasteiger partial charge in [-0.05, 0) is 49.4 Å². The molecule has 0 spiro atoms. The Kier molecular flexibility index (Phi) is 5.51. The van der Waals surface area contributed by atoms with Gasteiger partial charge in [0, 0.05) is 37.4 Å². The first kappa shape index (κ1) is 17.9. The molecule has 1 aliphatic heterocycles. The van der Waals surface area contributed by atoms with Crippen LogP contribution in [0.2, 0.25) is 0 Å². The fourth-order valence-corrected chi connectivity index (χ4v) is 2.99. The normalized spacial score (nSPS) is 14.2. The number of rotatable bonds is 4. The zero-order valence-corrected chi connectivity index (χ0v) is 14.7. The van der Waals surface area contributed by atoms with Crippen LogP contribution in [0.5, 0.6) is 0 Å². The third-order valence-corrected chi connectivity index (χ3v) is 4.38. The molecule has 136 valence electrons. The van der Waals surface area contributed by atoms with Gasteiger partial charge in [0.15, 0.2) is 0 Å². The van der Waals surface area contributed by atoms with Crippen molar-refractivity contribution < 1.29 is 18.7 Å². The number of hydrogen-bond acceptors (Lipinski definition) is 4. The summed E-state index contributed by atoms with van der Waals surface area (Å²) in [4.78, 5) is 28.1. The van der Waals surface area contributed by atoms with Crippen LogP contribution < -0.4 is 4.90 Å². The summed E-state index contributed by atoms with van der Waals surface area (Å²) in [6.07, 6.45) is 0. The van der Waals surface area contributed by atoms with Crippen LogP contribution >= 0.6 is 0 Å². The summed E-state index contributed by atoms with van der Waals surface area (Å²) in [7, 11) is 0. The van der Waals surface area contributed by atoms with E-state index in [0.717, 1.165) is 5.69 Å². The Labute approximate surface area is 152 Å². The fourth-order valence-electron chi connectivity index (χ4n) is 2.99. The van der Waals surface area contributed by atoms with Crippen LogP contribution in [0.25, 0.3) is 0 Å². The lowest BCUT2D eigenvalue weighted by Crippen LogP contribution is -2.48. The number of esters is 1. The molecule has 6 heteroatoms. The van der Waals surface area contributed by atoms with Crippen LogP contribution in [0.4, 0.5) is 10.1 Å². The maximum absolute atomic E-state index is 13.3. The third kappa shape index (κ3) is 4.02. The maximum atomic E-state index is 13.3. The van der Waals surface area contributed by atoms with Crippen LogP contribution in [0.3, 0.4) is 0 Å². The van der Waals surface area contributed by atoms with Gasteiger partial charge in [-0.1, -0.05) is 6.07 Å². The molecule has 1 fully saturated rings. The van der Waals surface area contributed by atoms with Crippen molar-refractivity contribution in [1.29, 1.82) is 0 Å². The second kappa shape index (κ2) is 7.99. The van der Waals surface area contributed by atoms with Gasteiger partial charge in [0.25, 0.3) is 5.91 Å². The van der Waals surface area contributed by atoms with E-state index in [2.05, 4.69) is 4.90 Å². The van der Waals surface area contributed by atoms with Gasteiger partial charge in [-0.3, -0.25) is 4.79 Å². The van der Waals surface area contributed by atoms with E-state index in [1.165, 1.54) is 12.1 Å². The smallest absolute Gasteiger partial charge is 0.338 e. The molecular formula is C20H21FN2O3. The average molecular weight is 356 g/mol. The van der Waals surface area contributed by atoms with E-state index in [-0.39, 0.29) is 11.9 Å². The first-order valence-electron chi connectivity index (χ1n) is 8.65. The molecule has 0 atom stereocenters. The molecule has 26 heavy (non-hydrogen) atoms. The second-order valence-corrected chi connectivity index (χ2v) is 6.06. The van der Waals surface area contributed by atoms with Crippen LogP contribution in [0, 0.1) is 5.82 Å². The van der Waals surface area contributed by atoms with Crippen molar-refractivity contribution in [2.24, 2.45) is 0 Å². The maximum Gasteiger partial charge on any atom is 0.338 e. The molecule has 0 aromatic heterocycles. The summed E-state index contributed by atoms with van der Waals surface area (Å²) in [6.45, 7) is 4.61. The largest absolute Gasteiger partial charge is 0.462 e. The molecule has 2 aromatic rings. The standard InChI is InChI=1S/C20H21FN2O3/c1-2-26-20(25)15-6-8-18(9-7-15)22-10-12-23(13-11-22)19(24)16-4-3-5-17(21)14-16/h3-9,14H,2,10-13H2,1H3. The van der Waals surface area contributed by atoms with Crippen LogP contribution in [-0.4, -0.2) is 49.6 Å². The highest BCUT2D eigenvalue weighted by atomic mass is 19.1. The Hall–Kier alpha value is -2.89. The molecule has 0 unspecified atom stereocenters. The Balaban J connectivity index is 1.60. The van der Waals surface area contributed by atoms with E-state index in [4.69, 9.17) is 4.74 Å². The highest BCUT2D eigenvalue weighted by molar-refractivity contribution is 5.94. The highest BCUT2D eigenvalue weighted by Gasteiger charge is 2.22. The number of hydrogen-bond donors (Lipinski definition) is 0. The molecule has 1 saturated heterocycles. The van der Waals surface area contributed by atoms with E-state index in [1.54, 1.807) is 36.1 Å². The van der Waals surface area contributed by atoms with Gasteiger partial charge >= 0.3 is 5.97 Å². The summed E-state index contributed by atoms with van der Waals surface area (Å²) in [5.74, 6) is -0.887. The lowest BCUT2D eigenvalue weighted by atomic mass is 10.1. The number of amides is 1. The molecule has 5 nitrogen and oxygen atoms in total. The zero-order valence-electron chi connectivity index (χ0n) is 14.7. The Morgan fingerprint density at radius 1 is 1.00 bits per heavy atom. The SMILES string of the molecule is CCOC(=O)c1ccc(N2CCN(C(=O)c3cccc(F)c3)CC2)cc1. The van der Waals surface area contributed by atoms with Crippen molar-refractivity contribution in [3.63, 3.8) is 0 Å².